The summed E-state index contributed by atoms with van der Waals surface area (Å²) >= 11 is 0. The van der Waals surface area contributed by atoms with Gasteiger partial charge < -0.3 is 4.52 Å². The van der Waals surface area contributed by atoms with Gasteiger partial charge in [0.1, 0.15) is 5.82 Å². The van der Waals surface area contributed by atoms with Crippen molar-refractivity contribution >= 4 is 21.7 Å². The molecule has 0 amide bonds. The Balaban J connectivity index is 1.51. The van der Waals surface area contributed by atoms with Crippen molar-refractivity contribution in [2.45, 2.75) is 19.8 Å². The number of aromatic nitrogens is 3. The van der Waals surface area contributed by atoms with E-state index in [2.05, 4.69) is 69.7 Å². The van der Waals surface area contributed by atoms with Crippen LogP contribution in [-0.4, -0.2) is 15.1 Å². The molecule has 2 aromatic heterocycles. The van der Waals surface area contributed by atoms with E-state index >= 15 is 0 Å². The lowest BCUT2D eigenvalue weighted by Gasteiger charge is -2.09. The van der Waals surface area contributed by atoms with Crippen molar-refractivity contribution < 1.29 is 4.52 Å². The first-order valence-corrected chi connectivity index (χ1v) is 9.38. The van der Waals surface area contributed by atoms with Gasteiger partial charge in [-0.25, -0.2) is 9.97 Å². The highest BCUT2D eigenvalue weighted by Crippen LogP contribution is 2.27. The third kappa shape index (κ3) is 3.03. The summed E-state index contributed by atoms with van der Waals surface area (Å²) in [5, 5.41) is 7.70. The Labute approximate surface area is 162 Å². The number of rotatable bonds is 4. The van der Waals surface area contributed by atoms with Gasteiger partial charge in [-0.05, 0) is 41.0 Å². The summed E-state index contributed by atoms with van der Waals surface area (Å²) in [5.74, 6) is 0.838. The molecular formula is C24H19N3O. The number of hydrogen-bond donors (Lipinski definition) is 0. The minimum Gasteiger partial charge on any atom is -0.356 e. The molecule has 0 radical (unpaired) electrons. The highest BCUT2D eigenvalue weighted by Gasteiger charge is 2.11. The molecule has 5 rings (SSSR count). The molecule has 28 heavy (non-hydrogen) atoms. The smallest absolute Gasteiger partial charge is 0.170 e. The Morgan fingerprint density at radius 2 is 1.61 bits per heavy atom. The molecular weight excluding hydrogens is 346 g/mol. The average molecular weight is 365 g/mol. The zero-order valence-corrected chi connectivity index (χ0v) is 15.6. The van der Waals surface area contributed by atoms with Crippen LogP contribution in [0.5, 0.6) is 0 Å². The van der Waals surface area contributed by atoms with Gasteiger partial charge in [0.2, 0.25) is 0 Å². The number of nitrogens with zero attached hydrogens (tertiary/aromatic N) is 3. The monoisotopic (exact) mass is 365 g/mol. The molecule has 0 fully saturated rings. The van der Waals surface area contributed by atoms with Crippen LogP contribution in [0.25, 0.3) is 21.7 Å². The summed E-state index contributed by atoms with van der Waals surface area (Å²) in [6, 6.07) is 21.2. The van der Waals surface area contributed by atoms with Crippen molar-refractivity contribution in [2.24, 2.45) is 0 Å². The third-order valence-corrected chi connectivity index (χ3v) is 5.16. The Hall–Kier alpha value is -3.53. The van der Waals surface area contributed by atoms with Gasteiger partial charge >= 0.3 is 0 Å². The maximum atomic E-state index is 5.59. The molecule has 0 saturated carbocycles. The Bertz CT molecular complexity index is 1280. The van der Waals surface area contributed by atoms with Crippen LogP contribution in [0.2, 0.25) is 0 Å². The van der Waals surface area contributed by atoms with Crippen LogP contribution in [0.15, 0.2) is 77.6 Å². The number of fused-ring (bicyclic) bond motifs is 2. The van der Waals surface area contributed by atoms with E-state index < -0.39 is 0 Å². The van der Waals surface area contributed by atoms with Crippen LogP contribution >= 0.6 is 0 Å². The first-order chi connectivity index (χ1) is 13.8. The molecule has 0 aliphatic rings. The second-order valence-electron chi connectivity index (χ2n) is 7.05. The van der Waals surface area contributed by atoms with E-state index in [0.717, 1.165) is 40.9 Å². The van der Waals surface area contributed by atoms with E-state index in [1.54, 1.807) is 12.4 Å². The summed E-state index contributed by atoms with van der Waals surface area (Å²) < 4.78 is 5.59. The lowest BCUT2D eigenvalue weighted by Crippen LogP contribution is -1.96. The van der Waals surface area contributed by atoms with E-state index in [1.807, 2.05) is 13.0 Å². The van der Waals surface area contributed by atoms with Gasteiger partial charge in [0, 0.05) is 36.2 Å². The fourth-order valence-corrected chi connectivity index (χ4v) is 3.75. The highest BCUT2D eigenvalue weighted by molar-refractivity contribution is 5.88. The molecule has 4 nitrogen and oxygen atoms in total. The van der Waals surface area contributed by atoms with E-state index in [0.29, 0.717) is 0 Å². The summed E-state index contributed by atoms with van der Waals surface area (Å²) in [5.41, 5.74) is 5.47. The molecule has 136 valence electrons. The van der Waals surface area contributed by atoms with Crippen molar-refractivity contribution in [1.29, 1.82) is 0 Å². The maximum Gasteiger partial charge on any atom is 0.170 e. The van der Waals surface area contributed by atoms with Crippen molar-refractivity contribution in [3.63, 3.8) is 0 Å². The zero-order valence-electron chi connectivity index (χ0n) is 15.6. The Morgan fingerprint density at radius 1 is 0.786 bits per heavy atom. The summed E-state index contributed by atoms with van der Waals surface area (Å²) in [6.45, 7) is 1.98. The first kappa shape index (κ1) is 16.6. The predicted molar refractivity (Wildman–Crippen MR) is 110 cm³/mol. The molecule has 0 aliphatic heterocycles. The molecule has 0 N–H and O–H groups in total. The zero-order chi connectivity index (χ0) is 18.9. The van der Waals surface area contributed by atoms with Gasteiger partial charge in [-0.3, -0.25) is 0 Å². The maximum absolute atomic E-state index is 5.59. The molecule has 0 bridgehead atoms. The highest BCUT2D eigenvalue weighted by atomic mass is 16.5. The van der Waals surface area contributed by atoms with Gasteiger partial charge in [0.15, 0.2) is 5.58 Å². The van der Waals surface area contributed by atoms with Gasteiger partial charge in [-0.1, -0.05) is 53.7 Å². The van der Waals surface area contributed by atoms with Gasteiger partial charge in [-0.15, -0.1) is 0 Å². The number of aryl methyl sites for hydroxylation is 1. The van der Waals surface area contributed by atoms with Crippen LogP contribution < -0.4 is 0 Å². The standard InChI is InChI=1S/C24H19N3O/c1-16-21-8-3-7-20(24(21)28-27-16)15-19-6-2-5-18-13-17(9-10-22(18)19)14-23-25-11-4-12-26-23/h2-13H,14-15H2,1H3. The summed E-state index contributed by atoms with van der Waals surface area (Å²) in [7, 11) is 0. The Morgan fingerprint density at radius 3 is 2.50 bits per heavy atom. The van der Waals surface area contributed by atoms with E-state index in [1.165, 1.54) is 21.9 Å². The van der Waals surface area contributed by atoms with Crippen LogP contribution in [0.4, 0.5) is 0 Å². The fourth-order valence-electron chi connectivity index (χ4n) is 3.75. The van der Waals surface area contributed by atoms with E-state index in [9.17, 15) is 0 Å². The molecule has 3 aromatic carbocycles. The average Bonchev–Trinajstić information content (AvgIpc) is 3.11. The lowest BCUT2D eigenvalue weighted by atomic mass is 9.96. The Kier molecular flexibility index (Phi) is 4.09. The van der Waals surface area contributed by atoms with Crippen LogP contribution in [0.1, 0.15) is 28.2 Å². The van der Waals surface area contributed by atoms with Crippen molar-refractivity contribution in [3.8, 4) is 0 Å². The molecule has 5 aromatic rings. The summed E-state index contributed by atoms with van der Waals surface area (Å²) in [6.07, 6.45) is 5.11. The molecule has 0 aliphatic carbocycles. The normalized spacial score (nSPS) is 11.3. The molecule has 0 spiro atoms. The first-order valence-electron chi connectivity index (χ1n) is 9.38. The quantitative estimate of drug-likeness (QED) is 0.436. The second-order valence-corrected chi connectivity index (χ2v) is 7.05. The predicted octanol–water partition coefficient (Wildman–Crippen LogP) is 5.26. The van der Waals surface area contributed by atoms with Gasteiger partial charge in [0.05, 0.1) is 5.69 Å². The molecule has 0 saturated heterocycles. The molecule has 2 heterocycles. The third-order valence-electron chi connectivity index (χ3n) is 5.16. The number of para-hydroxylation sites is 1. The number of benzene rings is 3. The van der Waals surface area contributed by atoms with Gasteiger partial charge in [0.25, 0.3) is 0 Å². The van der Waals surface area contributed by atoms with Crippen LogP contribution in [-0.2, 0) is 12.8 Å². The van der Waals surface area contributed by atoms with E-state index in [4.69, 9.17) is 4.52 Å². The van der Waals surface area contributed by atoms with Crippen LogP contribution in [0, 0.1) is 6.92 Å². The minimum absolute atomic E-state index is 0.734. The lowest BCUT2D eigenvalue weighted by molar-refractivity contribution is 0.448. The van der Waals surface area contributed by atoms with Crippen molar-refractivity contribution in [2.75, 3.05) is 0 Å². The molecule has 0 atom stereocenters. The fraction of sp³-hybridized carbons (Fsp3) is 0.125. The van der Waals surface area contributed by atoms with Crippen molar-refractivity contribution in [3.05, 3.63) is 101 Å². The molecule has 0 unspecified atom stereocenters. The topological polar surface area (TPSA) is 51.8 Å². The second kappa shape index (κ2) is 6.89. The van der Waals surface area contributed by atoms with Crippen molar-refractivity contribution in [1.82, 2.24) is 15.1 Å². The van der Waals surface area contributed by atoms with Gasteiger partial charge in [-0.2, -0.15) is 0 Å². The van der Waals surface area contributed by atoms with E-state index in [-0.39, 0.29) is 0 Å². The number of hydrogen-bond acceptors (Lipinski definition) is 4. The minimum atomic E-state index is 0.734. The van der Waals surface area contributed by atoms with Crippen LogP contribution in [0.3, 0.4) is 0 Å². The summed E-state index contributed by atoms with van der Waals surface area (Å²) in [4.78, 5) is 8.66. The largest absolute Gasteiger partial charge is 0.356 e. The SMILES string of the molecule is Cc1noc2c(Cc3cccc4cc(Cc5ncccn5)ccc34)cccc12. The molecule has 4 heteroatoms.